The van der Waals surface area contributed by atoms with E-state index in [1.807, 2.05) is 12.1 Å². The number of ketones is 1. The minimum absolute atomic E-state index is 0.0860. The average Bonchev–Trinajstić information content (AvgIpc) is 3.52. The van der Waals surface area contributed by atoms with Gasteiger partial charge in [0, 0.05) is 80.5 Å². The second-order valence-corrected chi connectivity index (χ2v) is 13.2. The third-order valence-corrected chi connectivity index (χ3v) is 9.95. The van der Waals surface area contributed by atoms with E-state index < -0.39 is 12.3 Å². The quantitative estimate of drug-likeness (QED) is 0.375. The number of hydrogen-bond acceptors (Lipinski definition) is 10. The Bertz CT molecular complexity index is 1690. The molecule has 1 amide bonds. The summed E-state index contributed by atoms with van der Waals surface area (Å²) < 4.78 is 26.6. The molecular weight excluding hydrogens is 613 g/mol. The number of piperidine rings is 1. The number of nitrogens with zero attached hydrogens (tertiary/aromatic N) is 6. The van der Waals surface area contributed by atoms with Gasteiger partial charge in [-0.05, 0) is 61.9 Å². The average molecular weight is 654 g/mol. The molecule has 12 heteroatoms. The number of alkyl halides is 1. The van der Waals surface area contributed by atoms with Crippen LogP contribution in [0.15, 0.2) is 54.7 Å². The third kappa shape index (κ3) is 6.84. The zero-order valence-electron chi connectivity index (χ0n) is 27.1. The number of likely N-dealkylation sites (tertiary alicyclic amines) is 1. The largest absolute Gasteiger partial charge is 0.486 e. The number of carbonyl (C=O) groups is 2. The van der Waals surface area contributed by atoms with Crippen LogP contribution in [0.4, 0.5) is 21.6 Å². The van der Waals surface area contributed by atoms with Gasteiger partial charge in [-0.1, -0.05) is 0 Å². The molecule has 11 nitrogen and oxygen atoms in total. The number of halogens is 1. The lowest BCUT2D eigenvalue weighted by atomic mass is 10.0. The van der Waals surface area contributed by atoms with E-state index in [0.717, 1.165) is 38.5 Å². The fourth-order valence-electron chi connectivity index (χ4n) is 7.16. The van der Waals surface area contributed by atoms with Crippen LogP contribution in [-0.2, 0) is 14.3 Å². The van der Waals surface area contributed by atoms with Gasteiger partial charge in [-0.15, -0.1) is 0 Å². The number of carbonyl (C=O) groups excluding carboxylic acids is 2. The van der Waals surface area contributed by atoms with E-state index in [4.69, 9.17) is 9.47 Å². The van der Waals surface area contributed by atoms with Crippen molar-refractivity contribution in [3.63, 3.8) is 0 Å². The molecule has 3 aromatic rings. The summed E-state index contributed by atoms with van der Waals surface area (Å²) in [6.45, 7) is 7.21. The number of Topliss-reactive ketones (excluding diaryl/α,β-unsaturated/α-hetero) is 1. The molecule has 4 fully saturated rings. The topological polar surface area (TPSA) is 124 Å². The highest BCUT2D eigenvalue weighted by Gasteiger charge is 2.38. The van der Waals surface area contributed by atoms with Gasteiger partial charge < -0.3 is 24.6 Å². The van der Waals surface area contributed by atoms with Crippen LogP contribution in [0.3, 0.4) is 0 Å². The van der Waals surface area contributed by atoms with Gasteiger partial charge in [-0.3, -0.25) is 14.5 Å². The number of amides is 1. The molecule has 3 aliphatic heterocycles. The second kappa shape index (κ2) is 13.9. The molecule has 1 saturated carbocycles. The van der Waals surface area contributed by atoms with Crippen LogP contribution in [0.25, 0.3) is 11.4 Å². The lowest BCUT2D eigenvalue weighted by molar-refractivity contribution is -0.139. The van der Waals surface area contributed by atoms with E-state index in [9.17, 15) is 14.9 Å². The fourth-order valence-corrected chi connectivity index (χ4v) is 7.16. The monoisotopic (exact) mass is 653 g/mol. The molecule has 1 aliphatic carbocycles. The predicted octanol–water partition coefficient (Wildman–Crippen LogP) is 4.36. The Hall–Kier alpha value is -4.60. The summed E-state index contributed by atoms with van der Waals surface area (Å²) in [4.78, 5) is 40.0. The number of hydrogen-bond donors (Lipinski definition) is 1. The van der Waals surface area contributed by atoms with E-state index in [-0.39, 0.29) is 41.9 Å². The van der Waals surface area contributed by atoms with Gasteiger partial charge >= 0.3 is 0 Å². The number of nitriles is 1. The van der Waals surface area contributed by atoms with Crippen LogP contribution >= 0.6 is 0 Å². The number of aromatic nitrogens is 2. The zero-order valence-corrected chi connectivity index (χ0v) is 27.1. The Morgan fingerprint density at radius 3 is 2.60 bits per heavy atom. The molecule has 0 radical (unpaired) electrons. The first kappa shape index (κ1) is 32.0. The van der Waals surface area contributed by atoms with E-state index in [2.05, 4.69) is 50.2 Å². The second-order valence-electron chi connectivity index (χ2n) is 13.2. The third-order valence-electron chi connectivity index (χ3n) is 9.95. The van der Waals surface area contributed by atoms with Crippen molar-refractivity contribution >= 4 is 28.9 Å². The molecule has 4 heterocycles. The van der Waals surface area contributed by atoms with E-state index >= 15 is 4.39 Å². The van der Waals surface area contributed by atoms with Gasteiger partial charge in [-0.2, -0.15) is 5.26 Å². The summed E-state index contributed by atoms with van der Waals surface area (Å²) in [5.41, 5.74) is 2.96. The summed E-state index contributed by atoms with van der Waals surface area (Å²) >= 11 is 0. The molecule has 3 saturated heterocycles. The first-order valence-electron chi connectivity index (χ1n) is 16.8. The van der Waals surface area contributed by atoms with Crippen molar-refractivity contribution in [1.29, 1.82) is 5.26 Å². The van der Waals surface area contributed by atoms with Crippen molar-refractivity contribution in [1.82, 2.24) is 19.8 Å². The van der Waals surface area contributed by atoms with Crippen molar-refractivity contribution in [2.24, 2.45) is 5.92 Å². The van der Waals surface area contributed by atoms with Crippen molar-refractivity contribution in [2.75, 3.05) is 56.2 Å². The lowest BCUT2D eigenvalue weighted by Crippen LogP contribution is -2.60. The standard InChI is InChI=1S/C36H40FN7O4/c1-23-19-42(14-15-44(23)29-21-47-22-29)28-6-4-27(5-7-28)40-34-10-12-39-35(41-34)24-3-9-32(26(16-24)18-38)48-33-11-13-43(20-31(33)37)36(46)25-2-8-30(45)17-25/h3-7,9-10,12,16,23,25,29,31,33H,2,8,11,13-15,17,19-22H2,1H3,(H,39,40,41)/t23-,25?,31+,33-/m0/s1. The molecule has 0 spiro atoms. The molecule has 1 unspecified atom stereocenters. The highest BCUT2D eigenvalue weighted by Crippen LogP contribution is 2.31. The Balaban J connectivity index is 0.961. The maximum absolute atomic E-state index is 15.2. The molecule has 48 heavy (non-hydrogen) atoms. The SMILES string of the molecule is C[C@H]1CN(c2ccc(Nc3ccnc(-c4ccc(O[C@H]5CCN(C(=O)C6CCC(=O)C6)C[C@H]5F)c(C#N)c4)n3)cc2)CCN1C1COC1. The van der Waals surface area contributed by atoms with Gasteiger partial charge in [0.15, 0.2) is 12.0 Å². The maximum atomic E-state index is 15.2. The Labute approximate surface area is 279 Å². The van der Waals surface area contributed by atoms with Crippen LogP contribution in [0.1, 0.15) is 38.2 Å². The van der Waals surface area contributed by atoms with Crippen molar-refractivity contribution in [3.8, 4) is 23.2 Å². The first-order valence-corrected chi connectivity index (χ1v) is 16.8. The Kier molecular flexibility index (Phi) is 9.23. The molecule has 4 atom stereocenters. The highest BCUT2D eigenvalue weighted by molar-refractivity contribution is 5.90. The molecule has 250 valence electrons. The van der Waals surface area contributed by atoms with Crippen LogP contribution < -0.4 is 15.0 Å². The van der Waals surface area contributed by atoms with Crippen LogP contribution in [0.2, 0.25) is 0 Å². The van der Waals surface area contributed by atoms with Crippen LogP contribution in [0, 0.1) is 17.2 Å². The normalized spacial score (nSPS) is 25.0. The first-order chi connectivity index (χ1) is 23.3. The Morgan fingerprint density at radius 2 is 1.92 bits per heavy atom. The number of anilines is 3. The maximum Gasteiger partial charge on any atom is 0.226 e. The lowest BCUT2D eigenvalue weighted by Gasteiger charge is -2.47. The number of ether oxygens (including phenoxy) is 2. The van der Waals surface area contributed by atoms with Crippen molar-refractivity contribution < 1.29 is 23.5 Å². The van der Waals surface area contributed by atoms with Gasteiger partial charge in [0.1, 0.15) is 29.5 Å². The number of nitrogens with one attached hydrogen (secondary N) is 1. The predicted molar refractivity (Wildman–Crippen MR) is 178 cm³/mol. The summed E-state index contributed by atoms with van der Waals surface area (Å²) in [6, 6.07) is 18.3. The molecular formula is C36H40FN7O4. The van der Waals surface area contributed by atoms with Gasteiger partial charge in [-0.25, -0.2) is 14.4 Å². The van der Waals surface area contributed by atoms with Crippen LogP contribution in [0.5, 0.6) is 5.75 Å². The highest BCUT2D eigenvalue weighted by atomic mass is 19.1. The summed E-state index contributed by atoms with van der Waals surface area (Å²) in [6.07, 6.45) is 0.951. The molecule has 7 rings (SSSR count). The van der Waals surface area contributed by atoms with Crippen molar-refractivity contribution in [2.45, 2.75) is 57.0 Å². The van der Waals surface area contributed by atoms with Gasteiger partial charge in [0.05, 0.1) is 31.4 Å². The minimum Gasteiger partial charge on any atom is -0.486 e. The van der Waals surface area contributed by atoms with Crippen molar-refractivity contribution in [3.05, 3.63) is 60.3 Å². The van der Waals surface area contributed by atoms with E-state index in [1.165, 1.54) is 10.6 Å². The van der Waals surface area contributed by atoms with Gasteiger partial charge in [0.2, 0.25) is 5.91 Å². The fraction of sp³-hybridized carbons (Fsp3) is 0.472. The van der Waals surface area contributed by atoms with Gasteiger partial charge in [0.25, 0.3) is 0 Å². The molecule has 1 aromatic heterocycles. The number of benzene rings is 2. The van der Waals surface area contributed by atoms with E-state index in [0.29, 0.717) is 55.1 Å². The van der Waals surface area contributed by atoms with Crippen LogP contribution in [-0.4, -0.2) is 102 Å². The summed E-state index contributed by atoms with van der Waals surface area (Å²) in [5, 5.41) is 13.3. The summed E-state index contributed by atoms with van der Waals surface area (Å²) in [5.74, 6) is 0.910. The Morgan fingerprint density at radius 1 is 1.08 bits per heavy atom. The number of piperazine rings is 1. The zero-order chi connectivity index (χ0) is 33.2. The van der Waals surface area contributed by atoms with E-state index in [1.54, 1.807) is 30.5 Å². The number of rotatable bonds is 8. The molecule has 4 aliphatic rings. The molecule has 0 bridgehead atoms. The smallest absolute Gasteiger partial charge is 0.226 e. The summed E-state index contributed by atoms with van der Waals surface area (Å²) in [7, 11) is 0. The minimum atomic E-state index is -1.41. The molecule has 1 N–H and O–H groups in total. The molecule has 2 aromatic carbocycles.